The predicted molar refractivity (Wildman–Crippen MR) is 127 cm³/mol. The van der Waals surface area contributed by atoms with E-state index in [4.69, 9.17) is 0 Å². The topological polar surface area (TPSA) is 0 Å². The Morgan fingerprint density at radius 3 is 2.59 bits per heavy atom. The highest BCUT2D eigenvalue weighted by atomic mass is 14.6. The largest absolute Gasteiger partial charge is 0.0958 e. The van der Waals surface area contributed by atoms with Crippen LogP contribution < -0.4 is 0 Å². The van der Waals surface area contributed by atoms with Crippen LogP contribution in [0.2, 0.25) is 0 Å². The maximum Gasteiger partial charge on any atom is -0.00860 e. The Balaban J connectivity index is 1.60. The summed E-state index contributed by atoms with van der Waals surface area (Å²) >= 11 is 0. The maximum atomic E-state index is 4.27. The Bertz CT molecular complexity index is 783. The van der Waals surface area contributed by atoms with E-state index in [1.165, 1.54) is 63.4 Å². The van der Waals surface area contributed by atoms with Crippen molar-refractivity contribution < 1.29 is 0 Å². The number of rotatable bonds is 4. The van der Waals surface area contributed by atoms with Crippen LogP contribution in [0, 0.1) is 28.6 Å². The first-order chi connectivity index (χ1) is 13.6. The molecule has 4 rings (SSSR count). The molecule has 0 bridgehead atoms. The van der Waals surface area contributed by atoms with Crippen molar-refractivity contribution in [2.24, 2.45) is 28.6 Å². The summed E-state index contributed by atoms with van der Waals surface area (Å²) in [5.41, 5.74) is 10.6. The fourth-order valence-electron chi connectivity index (χ4n) is 8.27. The molecule has 0 aromatic heterocycles. The van der Waals surface area contributed by atoms with Gasteiger partial charge in [0.05, 0.1) is 0 Å². The van der Waals surface area contributed by atoms with Crippen LogP contribution in [0.3, 0.4) is 0 Å². The second-order valence-corrected chi connectivity index (χ2v) is 11.9. The van der Waals surface area contributed by atoms with Gasteiger partial charge < -0.3 is 0 Å². The van der Waals surface area contributed by atoms with Crippen molar-refractivity contribution >= 4 is 0 Å². The summed E-state index contributed by atoms with van der Waals surface area (Å²) in [7, 11) is 0. The Morgan fingerprint density at radius 1 is 1.10 bits per heavy atom. The number of allylic oxidation sites excluding steroid dienone is 7. The molecule has 0 radical (unpaired) electrons. The van der Waals surface area contributed by atoms with Crippen LogP contribution in [0.1, 0.15) is 106 Å². The molecule has 0 aromatic rings. The first-order valence-electron chi connectivity index (χ1n) is 12.4. The highest BCUT2D eigenvalue weighted by Crippen LogP contribution is 2.62. The van der Waals surface area contributed by atoms with Crippen LogP contribution in [-0.2, 0) is 0 Å². The molecule has 0 aromatic carbocycles. The van der Waals surface area contributed by atoms with Crippen LogP contribution in [0.25, 0.3) is 0 Å². The third-order valence-corrected chi connectivity index (χ3v) is 9.75. The maximum absolute atomic E-state index is 4.27. The second kappa shape index (κ2) is 7.58. The summed E-state index contributed by atoms with van der Waals surface area (Å²) in [6.45, 7) is 19.2. The van der Waals surface area contributed by atoms with Gasteiger partial charge in [-0.1, -0.05) is 64.3 Å². The Morgan fingerprint density at radius 2 is 1.86 bits per heavy atom. The van der Waals surface area contributed by atoms with Gasteiger partial charge in [0.25, 0.3) is 0 Å². The zero-order chi connectivity index (χ0) is 21.0. The first kappa shape index (κ1) is 21.2. The van der Waals surface area contributed by atoms with Crippen molar-refractivity contribution in [3.63, 3.8) is 0 Å². The lowest BCUT2D eigenvalue weighted by Crippen LogP contribution is -2.51. The van der Waals surface area contributed by atoms with Crippen molar-refractivity contribution in [2.45, 2.75) is 106 Å². The van der Waals surface area contributed by atoms with Crippen molar-refractivity contribution in [3.8, 4) is 0 Å². The molecule has 0 N–H and O–H groups in total. The van der Waals surface area contributed by atoms with Crippen LogP contribution in [0.4, 0.5) is 0 Å². The molecule has 2 fully saturated rings. The monoisotopic (exact) mass is 392 g/mol. The molecule has 0 heterocycles. The van der Waals surface area contributed by atoms with Gasteiger partial charge in [-0.25, -0.2) is 0 Å². The second-order valence-electron chi connectivity index (χ2n) is 11.9. The van der Waals surface area contributed by atoms with Gasteiger partial charge in [-0.15, -0.1) is 0 Å². The molecule has 4 atom stereocenters. The van der Waals surface area contributed by atoms with Gasteiger partial charge in [0, 0.05) is 0 Å². The fraction of sp³-hybridized carbons (Fsp3) is 0.724. The van der Waals surface area contributed by atoms with Gasteiger partial charge in [0.2, 0.25) is 0 Å². The zero-order valence-corrected chi connectivity index (χ0v) is 20.1. The standard InChI is InChI=1S/C29H44/c1-19(2)22-12-13-25-23(20(3)9-11-24(22)25)14-15-26-21(4)10-16-27-28(5,6)17-8-18-29(26,27)7/h9,21,26-27H,1,8,10-18H2,2-7H3/t21-,26-,27-,29+/m0/s1. The zero-order valence-electron chi connectivity index (χ0n) is 20.1. The molecular weight excluding hydrogens is 348 g/mol. The summed E-state index contributed by atoms with van der Waals surface area (Å²) in [5, 5.41) is 0. The Labute approximate surface area is 180 Å². The van der Waals surface area contributed by atoms with Gasteiger partial charge in [-0.05, 0) is 116 Å². The van der Waals surface area contributed by atoms with Crippen molar-refractivity contribution in [1.82, 2.24) is 0 Å². The predicted octanol–water partition coefficient (Wildman–Crippen LogP) is 8.96. The van der Waals surface area contributed by atoms with E-state index in [0.29, 0.717) is 10.8 Å². The van der Waals surface area contributed by atoms with Gasteiger partial charge in [0.15, 0.2) is 0 Å². The third kappa shape index (κ3) is 3.53. The van der Waals surface area contributed by atoms with Crippen molar-refractivity contribution in [1.29, 1.82) is 0 Å². The average molecular weight is 393 g/mol. The average Bonchev–Trinajstić information content (AvgIpc) is 3.06. The summed E-state index contributed by atoms with van der Waals surface area (Å²) in [6, 6.07) is 0. The Hall–Kier alpha value is -1.04. The quantitative estimate of drug-likeness (QED) is 0.448. The molecular formula is C29H44. The lowest BCUT2D eigenvalue weighted by Gasteiger charge is -2.59. The van der Waals surface area contributed by atoms with E-state index in [2.05, 4.69) is 54.2 Å². The minimum absolute atomic E-state index is 0.533. The van der Waals surface area contributed by atoms with E-state index in [1.54, 1.807) is 27.9 Å². The van der Waals surface area contributed by atoms with E-state index in [1.807, 2.05) is 0 Å². The van der Waals surface area contributed by atoms with E-state index in [9.17, 15) is 0 Å². The highest BCUT2D eigenvalue weighted by Gasteiger charge is 2.53. The van der Waals surface area contributed by atoms with Crippen LogP contribution in [0.5, 0.6) is 0 Å². The van der Waals surface area contributed by atoms with Crippen LogP contribution in [-0.4, -0.2) is 0 Å². The molecule has 4 aliphatic rings. The van der Waals surface area contributed by atoms with Crippen molar-refractivity contribution in [3.05, 3.63) is 46.1 Å². The molecule has 0 saturated heterocycles. The van der Waals surface area contributed by atoms with Gasteiger partial charge in [-0.2, -0.15) is 0 Å². The van der Waals surface area contributed by atoms with Crippen LogP contribution in [0.15, 0.2) is 46.1 Å². The molecule has 0 spiro atoms. The molecule has 0 aliphatic heterocycles. The number of hydrogen-bond donors (Lipinski definition) is 0. The van der Waals surface area contributed by atoms with Crippen LogP contribution >= 0.6 is 0 Å². The third-order valence-electron chi connectivity index (χ3n) is 9.75. The summed E-state index contributed by atoms with van der Waals surface area (Å²) in [4.78, 5) is 0. The molecule has 29 heavy (non-hydrogen) atoms. The van der Waals surface area contributed by atoms with E-state index in [-0.39, 0.29) is 0 Å². The summed E-state index contributed by atoms with van der Waals surface area (Å²) < 4.78 is 0. The van der Waals surface area contributed by atoms with E-state index in [0.717, 1.165) is 24.2 Å². The summed E-state index contributed by atoms with van der Waals surface area (Å²) in [6.07, 6.45) is 16.0. The fourth-order valence-corrected chi connectivity index (χ4v) is 8.27. The van der Waals surface area contributed by atoms with E-state index < -0.39 is 0 Å². The first-order valence-corrected chi connectivity index (χ1v) is 12.4. The van der Waals surface area contributed by atoms with Gasteiger partial charge in [-0.3, -0.25) is 0 Å². The molecule has 2 saturated carbocycles. The summed E-state index contributed by atoms with van der Waals surface area (Å²) in [5.74, 6) is 2.69. The minimum atomic E-state index is 0.533. The lowest BCUT2D eigenvalue weighted by atomic mass is 9.46. The smallest absolute Gasteiger partial charge is 0.00860 e. The Kier molecular flexibility index (Phi) is 5.54. The van der Waals surface area contributed by atoms with Gasteiger partial charge >= 0.3 is 0 Å². The number of hydrogen-bond acceptors (Lipinski definition) is 0. The normalized spacial score (nSPS) is 36.6. The molecule has 0 nitrogen and oxygen atoms in total. The molecule has 0 amide bonds. The van der Waals surface area contributed by atoms with Crippen molar-refractivity contribution in [2.75, 3.05) is 0 Å². The van der Waals surface area contributed by atoms with Gasteiger partial charge in [0.1, 0.15) is 0 Å². The minimum Gasteiger partial charge on any atom is -0.0958 e. The number of fused-ring (bicyclic) bond motifs is 2. The SMILES string of the molecule is C=C(C)C1=C2CC=C(C)C(CC[C@H]3[C@@H](C)CC[C@H]4C(C)(C)CCC[C@]34C)=C2CC1. The lowest BCUT2D eigenvalue weighted by molar-refractivity contribution is -0.0956. The van der Waals surface area contributed by atoms with E-state index >= 15 is 0 Å². The molecule has 160 valence electrons. The molecule has 4 aliphatic carbocycles. The molecule has 0 heteroatoms. The highest BCUT2D eigenvalue weighted by molar-refractivity contribution is 5.57. The molecule has 0 unspecified atom stereocenters.